The van der Waals surface area contributed by atoms with E-state index in [0.29, 0.717) is 51.5 Å². The number of rotatable bonds is 30. The highest BCUT2D eigenvalue weighted by Crippen LogP contribution is 2.46. The van der Waals surface area contributed by atoms with E-state index in [4.69, 9.17) is 0 Å². The predicted octanol–water partition coefficient (Wildman–Crippen LogP) is 4.58. The van der Waals surface area contributed by atoms with Crippen LogP contribution in [0.4, 0.5) is 0 Å². The number of phenolic OH excluding ortho intramolecular Hbond substituents is 1. The molecule has 0 aliphatic heterocycles. The number of nitrogens with zero attached hydrogens (tertiary/aromatic N) is 2. The predicted molar refractivity (Wildman–Crippen MR) is 261 cm³/mol. The Morgan fingerprint density at radius 1 is 0.614 bits per heavy atom. The second-order valence-electron chi connectivity index (χ2n) is 17.1. The number of hydrogen-bond donors (Lipinski definition) is 3. The Morgan fingerprint density at radius 3 is 1.44 bits per heavy atom. The highest BCUT2D eigenvalue weighted by atomic mass is 32.2. The normalized spacial score (nSPS) is 13.9. The number of phenols is 1. The molecule has 0 aliphatic rings. The van der Waals surface area contributed by atoms with Crippen LogP contribution in [0.25, 0.3) is 32.3 Å². The zero-order valence-corrected chi connectivity index (χ0v) is 43.4. The molecular weight excluding hydrogens is 1020 g/mol. The van der Waals surface area contributed by atoms with Gasteiger partial charge in [-0.3, -0.25) is 27.9 Å². The number of Topliss-reactive ketones (excluding diaryl/α,β-unsaturated/α-hetero) is 4. The molecule has 3 N–H and O–H groups in total. The molecule has 4 aromatic rings. The molecule has 0 radical (unpaired) electrons. The summed E-state index contributed by atoms with van der Waals surface area (Å²) in [6.07, 6.45) is 0.297. The van der Waals surface area contributed by atoms with Crippen LogP contribution in [0.15, 0.2) is 75.4 Å². The summed E-state index contributed by atoms with van der Waals surface area (Å²) in [5, 5.41) is 19.6. The number of unbranched alkanes of at least 4 members (excludes halogenated alkanes) is 4. The van der Waals surface area contributed by atoms with Crippen LogP contribution in [0.1, 0.15) is 84.5 Å². The molecular formula is C45H58N2O18S5. The largest absolute Gasteiger partial charge is 0.507 e. The zero-order valence-electron chi connectivity index (χ0n) is 39.3. The number of aliphatic hydroxyl groups excluding tert-OH is 1. The summed E-state index contributed by atoms with van der Waals surface area (Å²) in [6.45, 7) is 10.3. The number of hydrogen-bond acceptors (Lipinski definition) is 17. The molecule has 0 aromatic heterocycles. The van der Waals surface area contributed by atoms with Gasteiger partial charge in [0, 0.05) is 72.1 Å². The Morgan fingerprint density at radius 2 is 1.01 bits per heavy atom. The SMILES string of the molecule is C=C(C)C(=O)CCCCCC(=O)C(CCS(=O)(=O)O)N(C)S(=O)(=O)c1cc(S(=O)(=O)N(C)C(CS(=O)(=O)OC)C(=O)CCCCCC(=O)C(=C)C)c2ccc3c(O)cc(S(=O)(=O)CO)c4ccc1c2c34. The van der Waals surface area contributed by atoms with Crippen molar-refractivity contribution in [3.63, 3.8) is 0 Å². The Bertz CT molecular complexity index is 3290. The second-order valence-corrected chi connectivity index (χ2v) is 26.3. The number of aliphatic hydroxyl groups is 1. The van der Waals surface area contributed by atoms with E-state index in [2.05, 4.69) is 17.3 Å². The third kappa shape index (κ3) is 13.3. The van der Waals surface area contributed by atoms with Crippen LogP contribution >= 0.6 is 0 Å². The van der Waals surface area contributed by atoms with Crippen LogP contribution in [-0.4, -0.2) is 139 Å². The first-order chi connectivity index (χ1) is 32.3. The number of carbonyl (C=O) groups is 4. The number of sulfonamides is 2. The van der Waals surface area contributed by atoms with Gasteiger partial charge in [-0.25, -0.2) is 25.3 Å². The van der Waals surface area contributed by atoms with Crippen molar-refractivity contribution in [2.24, 2.45) is 0 Å². The van der Waals surface area contributed by atoms with E-state index in [-0.39, 0.29) is 82.4 Å². The summed E-state index contributed by atoms with van der Waals surface area (Å²) in [7, 11) is -21.9. The molecule has 0 amide bonds. The summed E-state index contributed by atoms with van der Waals surface area (Å²) in [6, 6.07) is 2.39. The van der Waals surface area contributed by atoms with Gasteiger partial charge in [0.15, 0.2) is 23.1 Å². The van der Waals surface area contributed by atoms with Crippen LogP contribution in [-0.2, 0) is 73.5 Å². The van der Waals surface area contributed by atoms with Gasteiger partial charge in [0.1, 0.15) is 11.7 Å². The minimum atomic E-state index is -5.28. The fourth-order valence-electron chi connectivity index (χ4n) is 8.03. The zero-order chi connectivity index (χ0) is 52.9. The lowest BCUT2D eigenvalue weighted by Gasteiger charge is -2.29. The van der Waals surface area contributed by atoms with Gasteiger partial charge in [-0.1, -0.05) is 44.2 Å². The Kier molecular flexibility index (Phi) is 19.0. The monoisotopic (exact) mass is 1070 g/mol. The van der Waals surface area contributed by atoms with E-state index in [1.165, 1.54) is 26.0 Å². The molecule has 0 saturated heterocycles. The standard InChI is InChI=1S/C45H58N2O18S5/c1-28(2)36(49)14-10-8-12-16-38(51)34(22-23-67(56,57)58)46(5)69(61,62)42-25-43(32-19-18-30-40(53)24-41(66(54,55)27-48)31-20-21-33(42)45(32)44(30)31)70(63,64)47(6)35(26-68(59,60)65-7)39(52)17-13-9-11-15-37(50)29(3)4/h18-21,24-25,34-35,48,53H,1,3,8-17,22-23,26-27H2,2,4-7H3,(H,56,57,58). The van der Waals surface area contributed by atoms with Crippen molar-refractivity contribution >= 4 is 106 Å². The lowest BCUT2D eigenvalue weighted by Crippen LogP contribution is -2.46. The number of ketones is 4. The lowest BCUT2D eigenvalue weighted by molar-refractivity contribution is -0.123. The summed E-state index contributed by atoms with van der Waals surface area (Å²) in [4.78, 5) is 49.5. The average Bonchev–Trinajstić information content (AvgIpc) is 3.28. The van der Waals surface area contributed by atoms with E-state index in [1.54, 1.807) is 0 Å². The topological polar surface area (TPSA) is 315 Å². The number of benzene rings is 4. The molecule has 4 rings (SSSR count). The molecule has 0 saturated carbocycles. The Hall–Kier alpha value is -4.57. The van der Waals surface area contributed by atoms with Gasteiger partial charge in [0.05, 0.1) is 45.4 Å². The van der Waals surface area contributed by atoms with Gasteiger partial charge in [0.25, 0.3) is 20.2 Å². The van der Waals surface area contributed by atoms with E-state index < -0.39 is 118 Å². The van der Waals surface area contributed by atoms with Crippen molar-refractivity contribution in [1.82, 2.24) is 8.61 Å². The molecule has 0 heterocycles. The number of likely N-dealkylation sites (N-methyl/N-ethyl adjacent to an activating group) is 2. The number of allylic oxidation sites excluding steroid dienone is 2. The maximum atomic E-state index is 15.1. The van der Waals surface area contributed by atoms with E-state index in [1.807, 2.05) is 0 Å². The van der Waals surface area contributed by atoms with Crippen molar-refractivity contribution in [3.8, 4) is 5.75 Å². The minimum Gasteiger partial charge on any atom is -0.507 e. The first-order valence-electron chi connectivity index (χ1n) is 21.8. The molecule has 70 heavy (non-hydrogen) atoms. The van der Waals surface area contributed by atoms with Crippen LogP contribution in [0, 0.1) is 0 Å². The van der Waals surface area contributed by atoms with Crippen molar-refractivity contribution in [2.45, 2.75) is 111 Å². The molecule has 2 atom stereocenters. The molecule has 0 spiro atoms. The Labute approximate surface area is 408 Å². The fourth-order valence-corrected chi connectivity index (χ4v) is 13.7. The van der Waals surface area contributed by atoms with E-state index >= 15 is 16.8 Å². The van der Waals surface area contributed by atoms with Crippen molar-refractivity contribution in [3.05, 3.63) is 60.7 Å². The molecule has 386 valence electrons. The maximum absolute atomic E-state index is 15.1. The number of carbonyl (C=O) groups excluding carboxylic acids is 4. The van der Waals surface area contributed by atoms with Crippen LogP contribution in [0.2, 0.25) is 0 Å². The number of sulfone groups is 1. The first-order valence-corrected chi connectivity index (χ1v) is 29.5. The molecule has 20 nitrogen and oxygen atoms in total. The van der Waals surface area contributed by atoms with Crippen LogP contribution in [0.5, 0.6) is 5.75 Å². The average molecular weight is 1080 g/mol. The van der Waals surface area contributed by atoms with Crippen molar-refractivity contribution in [2.75, 3.05) is 38.6 Å². The van der Waals surface area contributed by atoms with Gasteiger partial charge in [-0.15, -0.1) is 0 Å². The molecule has 25 heteroatoms. The van der Waals surface area contributed by atoms with Crippen molar-refractivity contribution < 1.29 is 80.2 Å². The third-order valence-electron chi connectivity index (χ3n) is 12.1. The molecule has 0 fully saturated rings. The van der Waals surface area contributed by atoms with Gasteiger partial charge in [0.2, 0.25) is 29.9 Å². The van der Waals surface area contributed by atoms with Gasteiger partial charge >= 0.3 is 0 Å². The summed E-state index contributed by atoms with van der Waals surface area (Å²) in [5.41, 5.74) is 0.662. The Balaban J connectivity index is 2.01. The summed E-state index contributed by atoms with van der Waals surface area (Å²) >= 11 is 0. The molecule has 0 bridgehead atoms. The summed E-state index contributed by atoms with van der Waals surface area (Å²) < 4.78 is 152. The maximum Gasteiger partial charge on any atom is 0.269 e. The van der Waals surface area contributed by atoms with Gasteiger partial charge in [-0.2, -0.15) is 25.4 Å². The molecule has 2 unspecified atom stereocenters. The number of aromatic hydroxyl groups is 1. The van der Waals surface area contributed by atoms with Crippen molar-refractivity contribution in [1.29, 1.82) is 0 Å². The molecule has 4 aromatic carbocycles. The van der Waals surface area contributed by atoms with Crippen LogP contribution < -0.4 is 0 Å². The smallest absolute Gasteiger partial charge is 0.269 e. The quantitative estimate of drug-likeness (QED) is 0.0212. The fraction of sp³-hybridized carbons (Fsp3) is 0.467. The highest BCUT2D eigenvalue weighted by Gasteiger charge is 2.40. The minimum absolute atomic E-state index is 0.0991. The third-order valence-corrected chi connectivity index (χ3v) is 19.2. The van der Waals surface area contributed by atoms with E-state index in [9.17, 15) is 59.2 Å². The summed E-state index contributed by atoms with van der Waals surface area (Å²) in [5.74, 6) is -6.52. The first kappa shape index (κ1) is 58.0. The lowest BCUT2D eigenvalue weighted by atomic mass is 9.94. The van der Waals surface area contributed by atoms with Crippen LogP contribution in [0.3, 0.4) is 0 Å². The second kappa shape index (κ2) is 22.9. The van der Waals surface area contributed by atoms with Gasteiger partial charge in [-0.05, 0) is 75.3 Å². The van der Waals surface area contributed by atoms with Gasteiger partial charge < -0.3 is 10.2 Å². The highest BCUT2D eigenvalue weighted by molar-refractivity contribution is 7.91. The molecule has 0 aliphatic carbocycles. The van der Waals surface area contributed by atoms with E-state index in [0.717, 1.165) is 39.4 Å².